The molecule has 0 heterocycles. The van der Waals surface area contributed by atoms with E-state index in [2.05, 4.69) is 13.8 Å². The SMILES string of the molecule is CC(C)CCC1CCC1C(=O)O. The van der Waals surface area contributed by atoms with Crippen LogP contribution in [-0.4, -0.2) is 11.1 Å². The van der Waals surface area contributed by atoms with Gasteiger partial charge in [-0.05, 0) is 31.1 Å². The van der Waals surface area contributed by atoms with Crippen molar-refractivity contribution >= 4 is 5.97 Å². The molecule has 12 heavy (non-hydrogen) atoms. The lowest BCUT2D eigenvalue weighted by Crippen LogP contribution is -2.32. The van der Waals surface area contributed by atoms with Gasteiger partial charge in [0.25, 0.3) is 0 Å². The summed E-state index contributed by atoms with van der Waals surface area (Å²) in [6.45, 7) is 4.38. The van der Waals surface area contributed by atoms with Crippen molar-refractivity contribution in [2.45, 2.75) is 39.5 Å². The normalized spacial score (nSPS) is 28.6. The summed E-state index contributed by atoms with van der Waals surface area (Å²) in [6, 6.07) is 0. The Morgan fingerprint density at radius 1 is 1.50 bits per heavy atom. The van der Waals surface area contributed by atoms with E-state index in [1.54, 1.807) is 0 Å². The van der Waals surface area contributed by atoms with E-state index in [4.69, 9.17) is 5.11 Å². The monoisotopic (exact) mass is 170 g/mol. The summed E-state index contributed by atoms with van der Waals surface area (Å²) in [6.07, 6.45) is 4.31. The van der Waals surface area contributed by atoms with Gasteiger partial charge in [0, 0.05) is 0 Å². The van der Waals surface area contributed by atoms with E-state index in [-0.39, 0.29) is 5.92 Å². The van der Waals surface area contributed by atoms with Crippen LogP contribution in [0.15, 0.2) is 0 Å². The second-order valence-electron chi connectivity index (χ2n) is 4.25. The summed E-state index contributed by atoms with van der Waals surface area (Å²) in [5, 5.41) is 8.77. The minimum Gasteiger partial charge on any atom is -0.481 e. The first-order chi connectivity index (χ1) is 5.61. The Morgan fingerprint density at radius 3 is 2.50 bits per heavy atom. The number of carbonyl (C=O) groups is 1. The molecule has 0 aromatic rings. The Kier molecular flexibility index (Phi) is 3.12. The quantitative estimate of drug-likeness (QED) is 0.704. The first-order valence-corrected chi connectivity index (χ1v) is 4.84. The summed E-state index contributed by atoms with van der Waals surface area (Å²) in [5.41, 5.74) is 0. The third kappa shape index (κ3) is 2.23. The van der Waals surface area contributed by atoms with Crippen molar-refractivity contribution in [3.8, 4) is 0 Å². The van der Waals surface area contributed by atoms with Crippen LogP contribution in [0.25, 0.3) is 0 Å². The van der Waals surface area contributed by atoms with E-state index in [1.165, 1.54) is 6.42 Å². The van der Waals surface area contributed by atoms with Crippen LogP contribution >= 0.6 is 0 Å². The average Bonchev–Trinajstić information content (AvgIpc) is 1.82. The summed E-state index contributed by atoms with van der Waals surface area (Å²) in [7, 11) is 0. The lowest BCUT2D eigenvalue weighted by atomic mass is 9.71. The summed E-state index contributed by atoms with van der Waals surface area (Å²) >= 11 is 0. The predicted molar refractivity (Wildman–Crippen MR) is 47.9 cm³/mol. The van der Waals surface area contributed by atoms with Gasteiger partial charge < -0.3 is 5.11 Å². The van der Waals surface area contributed by atoms with Crippen LogP contribution in [0.3, 0.4) is 0 Å². The second kappa shape index (κ2) is 3.92. The summed E-state index contributed by atoms with van der Waals surface area (Å²) < 4.78 is 0. The van der Waals surface area contributed by atoms with Gasteiger partial charge in [-0.1, -0.05) is 20.3 Å². The first kappa shape index (κ1) is 9.56. The molecule has 2 unspecified atom stereocenters. The minimum atomic E-state index is -0.588. The van der Waals surface area contributed by atoms with Gasteiger partial charge in [-0.2, -0.15) is 0 Å². The minimum absolute atomic E-state index is 0.0243. The van der Waals surface area contributed by atoms with Crippen molar-refractivity contribution in [1.29, 1.82) is 0 Å². The molecule has 0 saturated heterocycles. The van der Waals surface area contributed by atoms with Crippen molar-refractivity contribution in [2.75, 3.05) is 0 Å². The maximum atomic E-state index is 10.6. The molecule has 0 bridgehead atoms. The second-order valence-corrected chi connectivity index (χ2v) is 4.25. The van der Waals surface area contributed by atoms with E-state index >= 15 is 0 Å². The molecule has 0 amide bonds. The fraction of sp³-hybridized carbons (Fsp3) is 0.900. The Hall–Kier alpha value is -0.530. The Morgan fingerprint density at radius 2 is 2.17 bits per heavy atom. The van der Waals surface area contributed by atoms with Gasteiger partial charge in [-0.3, -0.25) is 4.79 Å². The lowest BCUT2D eigenvalue weighted by Gasteiger charge is -2.33. The van der Waals surface area contributed by atoms with Crippen LogP contribution in [0.2, 0.25) is 0 Å². The number of aliphatic carboxylic acids is 1. The van der Waals surface area contributed by atoms with Crippen molar-refractivity contribution in [1.82, 2.24) is 0 Å². The number of carboxylic acids is 1. The van der Waals surface area contributed by atoms with E-state index in [0.717, 1.165) is 19.3 Å². The maximum Gasteiger partial charge on any atom is 0.306 e. The van der Waals surface area contributed by atoms with Crippen molar-refractivity contribution < 1.29 is 9.90 Å². The highest BCUT2D eigenvalue weighted by Crippen LogP contribution is 2.38. The number of hydrogen-bond acceptors (Lipinski definition) is 1. The molecule has 1 saturated carbocycles. The zero-order valence-electron chi connectivity index (χ0n) is 7.92. The molecule has 0 aliphatic heterocycles. The van der Waals surface area contributed by atoms with Crippen LogP contribution < -0.4 is 0 Å². The molecule has 70 valence electrons. The average molecular weight is 170 g/mol. The predicted octanol–water partition coefficient (Wildman–Crippen LogP) is 2.53. The zero-order chi connectivity index (χ0) is 9.14. The first-order valence-electron chi connectivity index (χ1n) is 4.84. The molecular formula is C10H18O2. The molecule has 0 aromatic carbocycles. The zero-order valence-corrected chi connectivity index (χ0v) is 7.92. The molecule has 0 spiro atoms. The summed E-state index contributed by atoms with van der Waals surface area (Å²) in [4.78, 5) is 10.6. The molecule has 1 aliphatic rings. The maximum absolute atomic E-state index is 10.6. The molecule has 2 nitrogen and oxygen atoms in total. The van der Waals surface area contributed by atoms with Crippen molar-refractivity contribution in [3.05, 3.63) is 0 Å². The third-order valence-electron chi connectivity index (χ3n) is 2.85. The van der Waals surface area contributed by atoms with E-state index in [0.29, 0.717) is 11.8 Å². The lowest BCUT2D eigenvalue weighted by molar-refractivity contribution is -0.148. The topological polar surface area (TPSA) is 37.3 Å². The largest absolute Gasteiger partial charge is 0.481 e. The Labute approximate surface area is 74.0 Å². The van der Waals surface area contributed by atoms with Gasteiger partial charge in [0.2, 0.25) is 0 Å². The molecule has 0 aromatic heterocycles. The van der Waals surface area contributed by atoms with Crippen LogP contribution in [0.1, 0.15) is 39.5 Å². The highest BCUT2D eigenvalue weighted by molar-refractivity contribution is 5.71. The molecule has 2 heteroatoms. The van der Waals surface area contributed by atoms with E-state index in [9.17, 15) is 4.79 Å². The van der Waals surface area contributed by atoms with Gasteiger partial charge in [0.05, 0.1) is 5.92 Å². The smallest absolute Gasteiger partial charge is 0.306 e. The number of hydrogen-bond donors (Lipinski definition) is 1. The Balaban J connectivity index is 2.21. The van der Waals surface area contributed by atoms with Crippen molar-refractivity contribution in [3.63, 3.8) is 0 Å². The molecule has 1 rings (SSSR count). The van der Waals surface area contributed by atoms with E-state index in [1.807, 2.05) is 0 Å². The standard InChI is InChI=1S/C10H18O2/c1-7(2)3-4-8-5-6-9(8)10(11)12/h7-9H,3-6H2,1-2H3,(H,11,12). The fourth-order valence-electron chi connectivity index (χ4n) is 1.79. The summed E-state index contributed by atoms with van der Waals surface area (Å²) in [5.74, 6) is 0.573. The van der Waals surface area contributed by atoms with Crippen LogP contribution in [-0.2, 0) is 4.79 Å². The van der Waals surface area contributed by atoms with Gasteiger partial charge in [0.1, 0.15) is 0 Å². The molecule has 0 radical (unpaired) electrons. The van der Waals surface area contributed by atoms with Gasteiger partial charge in [-0.15, -0.1) is 0 Å². The molecule has 1 fully saturated rings. The van der Waals surface area contributed by atoms with Crippen molar-refractivity contribution in [2.24, 2.45) is 17.8 Å². The number of carboxylic acid groups (broad SMARTS) is 1. The fourth-order valence-corrected chi connectivity index (χ4v) is 1.79. The van der Waals surface area contributed by atoms with Crippen LogP contribution in [0.4, 0.5) is 0 Å². The molecule has 2 atom stereocenters. The third-order valence-corrected chi connectivity index (χ3v) is 2.85. The van der Waals surface area contributed by atoms with Gasteiger partial charge in [-0.25, -0.2) is 0 Å². The van der Waals surface area contributed by atoms with Gasteiger partial charge >= 0.3 is 5.97 Å². The van der Waals surface area contributed by atoms with E-state index < -0.39 is 5.97 Å². The molecular weight excluding hydrogens is 152 g/mol. The highest BCUT2D eigenvalue weighted by atomic mass is 16.4. The highest BCUT2D eigenvalue weighted by Gasteiger charge is 2.35. The van der Waals surface area contributed by atoms with Crippen LogP contribution in [0, 0.1) is 17.8 Å². The van der Waals surface area contributed by atoms with Gasteiger partial charge in [0.15, 0.2) is 0 Å². The number of rotatable bonds is 4. The molecule has 1 aliphatic carbocycles. The molecule has 1 N–H and O–H groups in total. The van der Waals surface area contributed by atoms with Crippen LogP contribution in [0.5, 0.6) is 0 Å². The Bertz CT molecular complexity index is 163.